The van der Waals surface area contributed by atoms with Gasteiger partial charge in [-0.15, -0.1) is 0 Å². The van der Waals surface area contributed by atoms with Crippen LogP contribution in [-0.4, -0.2) is 50.5 Å². The van der Waals surface area contributed by atoms with Crippen molar-refractivity contribution in [2.24, 2.45) is 16.1 Å². The lowest BCUT2D eigenvalue weighted by molar-refractivity contribution is 0.0833. The Morgan fingerprint density at radius 3 is 2.53 bits per heavy atom. The monoisotopic (exact) mass is 469 g/mol. The molecule has 2 aromatic carbocycles. The zero-order valence-electron chi connectivity index (χ0n) is 19.6. The van der Waals surface area contributed by atoms with Gasteiger partial charge < -0.3 is 23.9 Å². The molecule has 0 aromatic heterocycles. The van der Waals surface area contributed by atoms with Crippen LogP contribution in [0.1, 0.15) is 37.7 Å². The summed E-state index contributed by atoms with van der Waals surface area (Å²) < 4.78 is 30.7. The van der Waals surface area contributed by atoms with Crippen LogP contribution in [0.5, 0.6) is 11.5 Å². The van der Waals surface area contributed by atoms with E-state index in [9.17, 15) is 4.39 Å². The number of aliphatic imine (C=N–C) groups is 1. The Balaban J connectivity index is 1.32. The molecule has 2 aliphatic heterocycles. The number of ether oxygens (including phenoxy) is 3. The van der Waals surface area contributed by atoms with Crippen LogP contribution in [0.3, 0.4) is 0 Å². The van der Waals surface area contributed by atoms with Crippen LogP contribution in [0.2, 0.25) is 0 Å². The summed E-state index contributed by atoms with van der Waals surface area (Å²) in [5.41, 5.74) is 1.76. The number of oxime groups is 1. The minimum Gasteiger partial charge on any atom is -0.489 e. The lowest BCUT2D eigenvalue weighted by Gasteiger charge is -2.28. The van der Waals surface area contributed by atoms with Gasteiger partial charge in [0.15, 0.2) is 5.75 Å². The average Bonchev–Trinajstić information content (AvgIpc) is 2.88. The lowest BCUT2D eigenvalue weighted by atomic mass is 10.0. The van der Waals surface area contributed by atoms with Crippen LogP contribution < -0.4 is 9.57 Å². The molecule has 34 heavy (non-hydrogen) atoms. The van der Waals surface area contributed by atoms with Gasteiger partial charge >= 0.3 is 0 Å². The maximum absolute atomic E-state index is 14.0. The van der Waals surface area contributed by atoms with Crippen molar-refractivity contribution in [1.29, 1.82) is 0 Å². The molecular formula is C26H32FN3O4. The first-order chi connectivity index (χ1) is 16.7. The van der Waals surface area contributed by atoms with Crippen LogP contribution in [-0.2, 0) is 16.1 Å². The molecule has 2 aliphatic rings. The quantitative estimate of drug-likeness (QED) is 0.312. The molecule has 0 atom stereocenters. The van der Waals surface area contributed by atoms with Crippen molar-refractivity contribution in [2.75, 3.05) is 33.4 Å². The van der Waals surface area contributed by atoms with Crippen LogP contribution in [0.15, 0.2) is 52.6 Å². The molecule has 182 valence electrons. The first kappa shape index (κ1) is 24.0. The summed E-state index contributed by atoms with van der Waals surface area (Å²) in [4.78, 5) is 12.2. The Labute approximate surface area is 200 Å². The second-order valence-corrected chi connectivity index (χ2v) is 8.52. The molecule has 8 heteroatoms. The van der Waals surface area contributed by atoms with Gasteiger partial charge in [-0.3, -0.25) is 0 Å². The Hall–Kier alpha value is -3.13. The lowest BCUT2D eigenvalue weighted by Crippen LogP contribution is -2.36. The number of nitrogens with zero attached hydrogens (tertiary/aromatic N) is 3. The van der Waals surface area contributed by atoms with Crippen molar-refractivity contribution >= 4 is 17.9 Å². The van der Waals surface area contributed by atoms with Gasteiger partial charge in [-0.1, -0.05) is 17.3 Å². The third-order valence-electron chi connectivity index (χ3n) is 5.92. The van der Waals surface area contributed by atoms with Crippen LogP contribution >= 0.6 is 0 Å². The Morgan fingerprint density at radius 1 is 1.06 bits per heavy atom. The zero-order chi connectivity index (χ0) is 23.6. The SMILES string of the molecule is COC(=Nc1ccc(COc2cc(F)cc(ON=CC3CCOCC3)c2)cc1)N1CCCCC1. The summed E-state index contributed by atoms with van der Waals surface area (Å²) in [6, 6.07) is 12.6. The average molecular weight is 470 g/mol. The van der Waals surface area contributed by atoms with Gasteiger partial charge in [-0.2, -0.15) is 4.99 Å². The molecule has 0 aliphatic carbocycles. The predicted octanol–water partition coefficient (Wildman–Crippen LogP) is 5.32. The van der Waals surface area contributed by atoms with Crippen LogP contribution in [0.25, 0.3) is 0 Å². The number of methoxy groups -OCH3 is 1. The Bertz CT molecular complexity index is 969. The third kappa shape index (κ3) is 7.18. The number of amidine groups is 1. The van der Waals surface area contributed by atoms with Crippen molar-refractivity contribution in [3.05, 3.63) is 53.8 Å². The van der Waals surface area contributed by atoms with E-state index in [0.717, 1.165) is 63.2 Å². The third-order valence-corrected chi connectivity index (χ3v) is 5.92. The van der Waals surface area contributed by atoms with Crippen LogP contribution in [0, 0.1) is 11.7 Å². The fourth-order valence-corrected chi connectivity index (χ4v) is 3.99. The number of likely N-dealkylation sites (tertiary alicyclic amines) is 1. The number of halogens is 1. The maximum Gasteiger partial charge on any atom is 0.292 e. The van der Waals surface area contributed by atoms with Crippen molar-refractivity contribution in [2.45, 2.75) is 38.7 Å². The number of benzene rings is 2. The fourth-order valence-electron chi connectivity index (χ4n) is 3.99. The minimum absolute atomic E-state index is 0.293. The van der Waals surface area contributed by atoms with Gasteiger partial charge in [0, 0.05) is 56.6 Å². The van der Waals surface area contributed by atoms with Crippen molar-refractivity contribution in [3.8, 4) is 11.5 Å². The van der Waals surface area contributed by atoms with E-state index in [2.05, 4.69) is 15.0 Å². The second kappa shape index (κ2) is 12.4. The maximum atomic E-state index is 14.0. The van der Waals surface area contributed by atoms with E-state index in [1.807, 2.05) is 24.3 Å². The first-order valence-electron chi connectivity index (χ1n) is 11.9. The predicted molar refractivity (Wildman–Crippen MR) is 129 cm³/mol. The summed E-state index contributed by atoms with van der Waals surface area (Å²) in [5, 5.41) is 4.01. The van der Waals surface area contributed by atoms with Gasteiger partial charge in [0.05, 0.1) is 12.8 Å². The van der Waals surface area contributed by atoms with Gasteiger partial charge in [-0.25, -0.2) is 4.39 Å². The van der Waals surface area contributed by atoms with Crippen molar-refractivity contribution < 1.29 is 23.4 Å². The molecule has 2 saturated heterocycles. The number of piperidine rings is 1. The van der Waals surface area contributed by atoms with E-state index >= 15 is 0 Å². The summed E-state index contributed by atoms with van der Waals surface area (Å²) in [6.07, 6.45) is 7.17. The number of hydrogen-bond donors (Lipinski definition) is 0. The van der Waals surface area contributed by atoms with E-state index < -0.39 is 5.82 Å². The fraction of sp³-hybridized carbons (Fsp3) is 0.462. The number of hydrogen-bond acceptors (Lipinski definition) is 6. The molecular weight excluding hydrogens is 437 g/mol. The molecule has 0 N–H and O–H groups in total. The molecule has 0 saturated carbocycles. The van der Waals surface area contributed by atoms with Crippen molar-refractivity contribution in [1.82, 2.24) is 4.90 Å². The van der Waals surface area contributed by atoms with Gasteiger partial charge in [0.2, 0.25) is 0 Å². The molecule has 0 bridgehead atoms. The molecule has 0 unspecified atom stereocenters. The standard InChI is InChI=1S/C26H32FN3O4/c1-31-26(30-11-3-2-4-12-30)29-23-7-5-21(6-8-23)19-33-24-15-22(27)16-25(17-24)34-28-18-20-9-13-32-14-10-20/h5-8,15-18,20H,2-4,9-14,19H2,1H3. The summed E-state index contributed by atoms with van der Waals surface area (Å²) in [5.74, 6) is 0.561. The zero-order valence-corrected chi connectivity index (χ0v) is 19.6. The smallest absolute Gasteiger partial charge is 0.292 e. The largest absolute Gasteiger partial charge is 0.489 e. The van der Waals surface area contributed by atoms with E-state index in [4.69, 9.17) is 19.0 Å². The normalized spacial score (nSPS) is 17.7. The topological polar surface area (TPSA) is 64.9 Å². The Kier molecular flexibility index (Phi) is 8.73. The van der Waals surface area contributed by atoms with Gasteiger partial charge in [0.25, 0.3) is 6.02 Å². The molecule has 2 heterocycles. The molecule has 0 spiro atoms. The molecule has 2 aromatic rings. The Morgan fingerprint density at radius 2 is 1.79 bits per heavy atom. The first-order valence-corrected chi connectivity index (χ1v) is 11.9. The highest BCUT2D eigenvalue weighted by atomic mass is 19.1. The van der Waals surface area contributed by atoms with Crippen molar-refractivity contribution in [3.63, 3.8) is 0 Å². The molecule has 0 radical (unpaired) electrons. The molecule has 2 fully saturated rings. The van der Waals surface area contributed by atoms with E-state index in [1.165, 1.54) is 18.6 Å². The van der Waals surface area contributed by atoms with E-state index in [0.29, 0.717) is 30.0 Å². The van der Waals surface area contributed by atoms with E-state index in [1.54, 1.807) is 19.4 Å². The minimum atomic E-state index is -0.441. The highest BCUT2D eigenvalue weighted by molar-refractivity contribution is 5.77. The highest BCUT2D eigenvalue weighted by Gasteiger charge is 2.15. The highest BCUT2D eigenvalue weighted by Crippen LogP contribution is 2.24. The van der Waals surface area contributed by atoms with Gasteiger partial charge in [0.1, 0.15) is 18.2 Å². The molecule has 7 nitrogen and oxygen atoms in total. The molecule has 0 amide bonds. The van der Waals surface area contributed by atoms with Crippen LogP contribution in [0.4, 0.5) is 10.1 Å². The summed E-state index contributed by atoms with van der Waals surface area (Å²) in [7, 11) is 1.66. The number of rotatable bonds is 7. The summed E-state index contributed by atoms with van der Waals surface area (Å²) >= 11 is 0. The molecule has 4 rings (SSSR count). The van der Waals surface area contributed by atoms with E-state index in [-0.39, 0.29) is 0 Å². The van der Waals surface area contributed by atoms with Gasteiger partial charge in [-0.05, 0) is 49.8 Å². The second-order valence-electron chi connectivity index (χ2n) is 8.52. The summed E-state index contributed by atoms with van der Waals surface area (Å²) in [6.45, 7) is 3.70.